The summed E-state index contributed by atoms with van der Waals surface area (Å²) in [6.07, 6.45) is -8.53. The Morgan fingerprint density at radius 3 is 2.00 bits per heavy atom. The van der Waals surface area contributed by atoms with Gasteiger partial charge in [-0.05, 0) is 29.3 Å². The molecule has 8 atom stereocenters. The number of esters is 1. The van der Waals surface area contributed by atoms with E-state index in [-0.39, 0.29) is 11.6 Å². The lowest BCUT2D eigenvalue weighted by Crippen LogP contribution is -2.74. The smallest absolute Gasteiger partial charge is 0.303 e. The Morgan fingerprint density at radius 1 is 0.929 bits per heavy atom. The fraction of sp³-hybridized carbons (Fsp3) is 0.581. The zero-order valence-electron chi connectivity index (χ0n) is 25.2. The van der Waals surface area contributed by atoms with Crippen molar-refractivity contribution in [2.75, 3.05) is 13.7 Å². The van der Waals surface area contributed by atoms with E-state index in [4.69, 9.17) is 32.8 Å². The first-order valence-corrected chi connectivity index (χ1v) is 16.2. The molecule has 1 spiro atoms. The molecule has 3 heterocycles. The van der Waals surface area contributed by atoms with Gasteiger partial charge in [0.25, 0.3) is 8.32 Å². The van der Waals surface area contributed by atoms with Crippen molar-refractivity contribution in [1.82, 2.24) is 0 Å². The number of aliphatic hydroxyl groups excluding tert-OH is 2. The van der Waals surface area contributed by atoms with Crippen molar-refractivity contribution >= 4 is 24.7 Å². The van der Waals surface area contributed by atoms with Crippen LogP contribution in [0.2, 0.25) is 5.04 Å². The van der Waals surface area contributed by atoms with E-state index in [1.54, 1.807) is 13.8 Å². The summed E-state index contributed by atoms with van der Waals surface area (Å²) in [7, 11) is -1.68. The van der Waals surface area contributed by atoms with Crippen LogP contribution in [0, 0.1) is 0 Å². The number of ether oxygens (including phenoxy) is 6. The second-order valence-corrected chi connectivity index (χ2v) is 16.9. The molecule has 0 unspecified atom stereocenters. The van der Waals surface area contributed by atoms with Gasteiger partial charge in [-0.1, -0.05) is 81.4 Å². The summed E-state index contributed by atoms with van der Waals surface area (Å²) in [6, 6.07) is 20.3. The monoisotopic (exact) mass is 602 g/mol. The number of hydrogen-bond acceptors (Lipinski definition) is 10. The van der Waals surface area contributed by atoms with E-state index < -0.39 is 68.8 Å². The normalized spacial score (nSPS) is 34.4. The van der Waals surface area contributed by atoms with Crippen LogP contribution >= 0.6 is 0 Å². The molecule has 10 nitrogen and oxygen atoms in total. The molecule has 2 N–H and O–H groups in total. The third-order valence-corrected chi connectivity index (χ3v) is 13.4. The number of fused-ring (bicyclic) bond motifs is 2. The van der Waals surface area contributed by atoms with Crippen molar-refractivity contribution in [3.63, 3.8) is 0 Å². The second-order valence-electron chi connectivity index (χ2n) is 12.6. The van der Waals surface area contributed by atoms with Gasteiger partial charge in [-0.15, -0.1) is 0 Å². The lowest BCUT2D eigenvalue weighted by molar-refractivity contribution is -0.359. The maximum atomic E-state index is 12.4. The third-order valence-electron chi connectivity index (χ3n) is 8.40. The Hall–Kier alpha value is -2.19. The molecule has 5 rings (SSSR count). The second kappa shape index (κ2) is 11.4. The van der Waals surface area contributed by atoms with E-state index in [2.05, 4.69) is 45.0 Å². The molecule has 3 aliphatic rings. The molecule has 0 aromatic heterocycles. The van der Waals surface area contributed by atoms with Gasteiger partial charge < -0.3 is 43.1 Å². The van der Waals surface area contributed by atoms with E-state index in [0.717, 1.165) is 10.4 Å². The lowest BCUT2D eigenvalue weighted by atomic mass is 9.79. The van der Waals surface area contributed by atoms with Crippen LogP contribution in [0.25, 0.3) is 0 Å². The predicted molar refractivity (Wildman–Crippen MR) is 154 cm³/mol. The molecule has 11 heteroatoms. The van der Waals surface area contributed by atoms with Crippen LogP contribution in [0.4, 0.5) is 0 Å². The maximum Gasteiger partial charge on any atom is 0.303 e. The minimum Gasteiger partial charge on any atom is -0.456 e. The molecule has 2 aromatic rings. The molecule has 0 radical (unpaired) electrons. The molecule has 3 saturated heterocycles. The van der Waals surface area contributed by atoms with Gasteiger partial charge in [0.15, 0.2) is 30.1 Å². The molecule has 0 saturated carbocycles. The summed E-state index contributed by atoms with van der Waals surface area (Å²) in [5, 5.41) is 23.9. The summed E-state index contributed by atoms with van der Waals surface area (Å²) in [4.78, 5) is 12.4. The summed E-state index contributed by atoms with van der Waals surface area (Å²) in [5.41, 5.74) is -1.64. The summed E-state index contributed by atoms with van der Waals surface area (Å²) in [6.45, 7) is 11.2. The number of carbonyl (C=O) groups excluding carboxylic acids is 1. The first kappa shape index (κ1) is 31.2. The van der Waals surface area contributed by atoms with E-state index in [0.29, 0.717) is 0 Å². The first-order chi connectivity index (χ1) is 19.8. The average molecular weight is 603 g/mol. The molecule has 0 amide bonds. The van der Waals surface area contributed by atoms with E-state index in [1.807, 2.05) is 36.4 Å². The van der Waals surface area contributed by atoms with Crippen molar-refractivity contribution in [2.45, 2.75) is 101 Å². The standard InChI is InChI=1S/C31H42O10Si/c1-19(32)37-25-23(33)24(34)27(35-7)41-31(25)22(38-28-26(31)39-30(5,6)40-28)18-36-42(29(2,3)4,20-14-10-8-11-15-20)21-16-12-9-13-17-21/h8-17,22-28,33-34H,18H2,1-7H3/t22-,23-,24+,25+,26-,27+,28+,31-/m1/s1. The largest absolute Gasteiger partial charge is 0.456 e. The fourth-order valence-corrected chi connectivity index (χ4v) is 11.2. The zero-order valence-corrected chi connectivity index (χ0v) is 26.2. The lowest BCUT2D eigenvalue weighted by Gasteiger charge is -2.51. The minimum absolute atomic E-state index is 0.0234. The summed E-state index contributed by atoms with van der Waals surface area (Å²) in [5.74, 6) is -1.72. The Bertz CT molecular complexity index is 1200. The van der Waals surface area contributed by atoms with Crippen LogP contribution in [0.15, 0.2) is 60.7 Å². The zero-order chi connectivity index (χ0) is 30.5. The van der Waals surface area contributed by atoms with Crippen LogP contribution in [0.3, 0.4) is 0 Å². The number of hydrogen-bond donors (Lipinski definition) is 2. The first-order valence-electron chi connectivity index (χ1n) is 14.3. The summed E-state index contributed by atoms with van der Waals surface area (Å²) < 4.78 is 43.6. The maximum absolute atomic E-state index is 12.4. The molecular weight excluding hydrogens is 560 g/mol. The van der Waals surface area contributed by atoms with Gasteiger partial charge in [-0.2, -0.15) is 0 Å². The summed E-state index contributed by atoms with van der Waals surface area (Å²) >= 11 is 0. The van der Waals surface area contributed by atoms with Gasteiger partial charge in [0.2, 0.25) is 0 Å². The molecule has 230 valence electrons. The van der Waals surface area contributed by atoms with Gasteiger partial charge >= 0.3 is 5.97 Å². The molecule has 0 bridgehead atoms. The number of carbonyl (C=O) groups is 1. The number of aliphatic hydroxyl groups is 2. The van der Waals surface area contributed by atoms with Crippen LogP contribution in [-0.2, 0) is 37.6 Å². The van der Waals surface area contributed by atoms with Gasteiger partial charge in [0.05, 0.1) is 6.61 Å². The van der Waals surface area contributed by atoms with E-state index in [1.165, 1.54) is 14.0 Å². The van der Waals surface area contributed by atoms with Gasteiger partial charge in [-0.3, -0.25) is 4.79 Å². The van der Waals surface area contributed by atoms with E-state index >= 15 is 0 Å². The molecule has 3 fully saturated rings. The van der Waals surface area contributed by atoms with E-state index in [9.17, 15) is 15.0 Å². The van der Waals surface area contributed by atoms with Crippen LogP contribution in [-0.4, -0.2) is 92.7 Å². The number of benzene rings is 2. The van der Waals surface area contributed by atoms with Crippen molar-refractivity contribution in [2.24, 2.45) is 0 Å². The van der Waals surface area contributed by atoms with Gasteiger partial charge in [0, 0.05) is 14.0 Å². The minimum atomic E-state index is -3.04. The molecule has 2 aromatic carbocycles. The molecule has 3 aliphatic heterocycles. The topological polar surface area (TPSA) is 122 Å². The van der Waals surface area contributed by atoms with Crippen LogP contribution < -0.4 is 10.4 Å². The van der Waals surface area contributed by atoms with Crippen LogP contribution in [0.5, 0.6) is 0 Å². The molecular formula is C31H42O10Si. The average Bonchev–Trinajstić information content (AvgIpc) is 3.39. The van der Waals surface area contributed by atoms with Gasteiger partial charge in [-0.25, -0.2) is 0 Å². The highest BCUT2D eigenvalue weighted by Gasteiger charge is 2.73. The fourth-order valence-electron chi connectivity index (χ4n) is 6.68. The predicted octanol–water partition coefficient (Wildman–Crippen LogP) is 1.83. The van der Waals surface area contributed by atoms with Crippen molar-refractivity contribution in [1.29, 1.82) is 0 Å². The molecule has 0 aliphatic carbocycles. The number of methoxy groups -OCH3 is 1. The van der Waals surface area contributed by atoms with Crippen molar-refractivity contribution in [3.8, 4) is 0 Å². The highest BCUT2D eigenvalue weighted by molar-refractivity contribution is 6.99. The highest BCUT2D eigenvalue weighted by Crippen LogP contribution is 2.51. The number of rotatable bonds is 7. The van der Waals surface area contributed by atoms with Gasteiger partial charge in [0.1, 0.15) is 24.4 Å². The third kappa shape index (κ3) is 5.14. The Morgan fingerprint density at radius 2 is 1.50 bits per heavy atom. The van der Waals surface area contributed by atoms with Crippen LogP contribution in [0.1, 0.15) is 41.5 Å². The quantitative estimate of drug-likeness (QED) is 0.359. The Labute approximate surface area is 247 Å². The molecule has 42 heavy (non-hydrogen) atoms. The van der Waals surface area contributed by atoms with Crippen molar-refractivity contribution < 1.29 is 47.9 Å². The Balaban J connectivity index is 1.63. The van der Waals surface area contributed by atoms with Crippen molar-refractivity contribution in [3.05, 3.63) is 60.7 Å². The SMILES string of the molecule is CO[C@H]1O[C@@]2([C@@H]3OC(C)(C)O[C@@H]3O[C@@H]2CO[Si](c2ccccc2)(c2ccccc2)C(C)(C)C)[C@@H](OC(C)=O)[C@H](O)[C@@H]1O. The highest BCUT2D eigenvalue weighted by atomic mass is 28.4. The Kier molecular flexibility index (Phi) is 8.47.